The molecule has 156 valence electrons. The highest BCUT2D eigenvalue weighted by atomic mass is 19.1. The van der Waals surface area contributed by atoms with Gasteiger partial charge in [0.05, 0.1) is 23.7 Å². The number of aromatic carboxylic acids is 1. The summed E-state index contributed by atoms with van der Waals surface area (Å²) in [5.74, 6) is -1.68. The first-order valence-electron chi connectivity index (χ1n) is 9.81. The number of nitrogen functional groups attached to an aromatic ring is 1. The highest BCUT2D eigenvalue weighted by Crippen LogP contribution is 2.46. The Morgan fingerprint density at radius 2 is 2.10 bits per heavy atom. The number of ether oxygens (including phenoxy) is 1. The van der Waals surface area contributed by atoms with E-state index in [0.717, 1.165) is 25.7 Å². The minimum atomic E-state index is -1.36. The molecular formula is C20H25FN4O4. The first-order chi connectivity index (χ1) is 13.9. The molecule has 5 N–H and O–H groups in total. The molecule has 1 aliphatic heterocycles. The lowest BCUT2D eigenvalue weighted by Crippen LogP contribution is -2.39. The second kappa shape index (κ2) is 7.22. The van der Waals surface area contributed by atoms with Gasteiger partial charge >= 0.3 is 5.97 Å². The summed E-state index contributed by atoms with van der Waals surface area (Å²) in [6.45, 7) is 1.68. The average molecular weight is 404 g/mol. The second-order valence-electron chi connectivity index (χ2n) is 7.84. The zero-order chi connectivity index (χ0) is 20.9. The van der Waals surface area contributed by atoms with Crippen molar-refractivity contribution < 1.29 is 19.0 Å². The lowest BCUT2D eigenvalue weighted by atomic mass is 9.97. The maximum absolute atomic E-state index is 15.5. The second-order valence-corrected chi connectivity index (χ2v) is 7.84. The fraction of sp³-hybridized carbons (Fsp3) is 0.500. The number of hydrogen-bond donors (Lipinski definition) is 3. The van der Waals surface area contributed by atoms with Crippen molar-refractivity contribution in [2.75, 3.05) is 37.4 Å². The highest BCUT2D eigenvalue weighted by molar-refractivity contribution is 6.03. The fourth-order valence-electron chi connectivity index (χ4n) is 4.29. The SMILES string of the molecule is COc1c(N2CCCC(CN)C2)c(F)c(N)c2c(=O)c(C(=O)O)cn(C3CC3)c12. The molecule has 1 unspecified atom stereocenters. The van der Waals surface area contributed by atoms with Gasteiger partial charge in [-0.1, -0.05) is 0 Å². The van der Waals surface area contributed by atoms with Crippen LogP contribution in [-0.2, 0) is 0 Å². The third kappa shape index (κ3) is 3.09. The van der Waals surface area contributed by atoms with E-state index in [9.17, 15) is 14.7 Å². The number of anilines is 2. The number of pyridine rings is 1. The van der Waals surface area contributed by atoms with E-state index in [1.807, 2.05) is 4.90 Å². The number of nitrogens with two attached hydrogens (primary N) is 2. The number of carbonyl (C=O) groups is 1. The molecule has 2 fully saturated rings. The predicted octanol–water partition coefficient (Wildman–Crippen LogP) is 1.94. The van der Waals surface area contributed by atoms with Gasteiger partial charge < -0.3 is 30.8 Å². The summed E-state index contributed by atoms with van der Waals surface area (Å²) in [5.41, 5.74) is 10.9. The largest absolute Gasteiger partial charge is 0.492 e. The van der Waals surface area contributed by atoms with E-state index in [0.29, 0.717) is 25.2 Å². The van der Waals surface area contributed by atoms with Gasteiger partial charge in [-0.2, -0.15) is 0 Å². The summed E-state index contributed by atoms with van der Waals surface area (Å²) in [7, 11) is 1.42. The number of carboxylic acids is 1. The number of nitrogens with zero attached hydrogens (tertiary/aromatic N) is 2. The number of benzene rings is 1. The van der Waals surface area contributed by atoms with E-state index in [4.69, 9.17) is 16.2 Å². The van der Waals surface area contributed by atoms with Gasteiger partial charge in [-0.25, -0.2) is 9.18 Å². The molecule has 1 saturated heterocycles. The minimum absolute atomic E-state index is 0.0287. The zero-order valence-electron chi connectivity index (χ0n) is 16.3. The van der Waals surface area contributed by atoms with Gasteiger partial charge in [-0.05, 0) is 38.1 Å². The lowest BCUT2D eigenvalue weighted by molar-refractivity contribution is 0.0695. The molecule has 2 aliphatic rings. The standard InChI is InChI=1S/C20H25FN4O4/c1-29-19-16-13(18(26)12(20(27)28)9-25(16)11-4-5-11)15(23)14(21)17(19)24-6-2-3-10(7-22)8-24/h9-11H,2-8,22-23H2,1H3,(H,27,28). The van der Waals surface area contributed by atoms with Crippen LogP contribution in [0.5, 0.6) is 5.75 Å². The van der Waals surface area contributed by atoms with Crippen LogP contribution in [0, 0.1) is 11.7 Å². The maximum Gasteiger partial charge on any atom is 0.341 e. The van der Waals surface area contributed by atoms with Gasteiger partial charge in [0, 0.05) is 25.3 Å². The van der Waals surface area contributed by atoms with Crippen LogP contribution >= 0.6 is 0 Å². The third-order valence-electron chi connectivity index (χ3n) is 5.92. The van der Waals surface area contributed by atoms with Gasteiger partial charge in [0.15, 0.2) is 11.6 Å². The van der Waals surface area contributed by atoms with Gasteiger partial charge in [0.1, 0.15) is 11.3 Å². The number of hydrogen-bond acceptors (Lipinski definition) is 6. The van der Waals surface area contributed by atoms with Crippen LogP contribution in [0.2, 0.25) is 0 Å². The van der Waals surface area contributed by atoms with Crippen molar-refractivity contribution in [3.63, 3.8) is 0 Å². The molecule has 0 amide bonds. The van der Waals surface area contributed by atoms with E-state index in [2.05, 4.69) is 0 Å². The number of piperidine rings is 1. The topological polar surface area (TPSA) is 124 Å². The van der Waals surface area contributed by atoms with Crippen LogP contribution in [0.25, 0.3) is 10.9 Å². The third-order valence-corrected chi connectivity index (χ3v) is 5.92. The first-order valence-corrected chi connectivity index (χ1v) is 9.81. The zero-order valence-corrected chi connectivity index (χ0v) is 16.3. The maximum atomic E-state index is 15.5. The van der Waals surface area contributed by atoms with Gasteiger partial charge in [-0.3, -0.25) is 4.79 Å². The Morgan fingerprint density at radius 1 is 1.38 bits per heavy atom. The lowest BCUT2D eigenvalue weighted by Gasteiger charge is -2.35. The fourth-order valence-corrected chi connectivity index (χ4v) is 4.29. The van der Waals surface area contributed by atoms with Gasteiger partial charge in [0.25, 0.3) is 0 Å². The molecule has 29 heavy (non-hydrogen) atoms. The molecule has 0 radical (unpaired) electrons. The van der Waals surface area contributed by atoms with Crippen LogP contribution in [0.15, 0.2) is 11.0 Å². The van der Waals surface area contributed by atoms with E-state index in [1.165, 1.54) is 13.3 Å². The number of methoxy groups -OCH3 is 1. The Bertz CT molecular complexity index is 1050. The summed E-state index contributed by atoms with van der Waals surface area (Å²) >= 11 is 0. The quantitative estimate of drug-likeness (QED) is 0.651. The number of rotatable bonds is 5. The van der Waals surface area contributed by atoms with Gasteiger partial charge in [0.2, 0.25) is 5.43 Å². The Kier molecular flexibility index (Phi) is 4.85. The molecular weight excluding hydrogens is 379 g/mol. The summed E-state index contributed by atoms with van der Waals surface area (Å²) in [6, 6.07) is 0.0287. The van der Waals surface area contributed by atoms with Crippen molar-refractivity contribution in [1.82, 2.24) is 4.57 Å². The molecule has 2 aromatic rings. The highest BCUT2D eigenvalue weighted by Gasteiger charge is 2.34. The monoisotopic (exact) mass is 404 g/mol. The van der Waals surface area contributed by atoms with Crippen molar-refractivity contribution in [3.8, 4) is 5.75 Å². The molecule has 1 atom stereocenters. The predicted molar refractivity (Wildman–Crippen MR) is 108 cm³/mol. The Balaban J connectivity index is 2.06. The average Bonchev–Trinajstić information content (AvgIpc) is 3.55. The Morgan fingerprint density at radius 3 is 2.69 bits per heavy atom. The van der Waals surface area contributed by atoms with Crippen molar-refractivity contribution in [3.05, 3.63) is 27.8 Å². The normalized spacial score (nSPS) is 19.6. The van der Waals surface area contributed by atoms with E-state index < -0.39 is 22.8 Å². The van der Waals surface area contributed by atoms with E-state index in [-0.39, 0.29) is 34.5 Å². The smallest absolute Gasteiger partial charge is 0.341 e. The van der Waals surface area contributed by atoms with Crippen LogP contribution in [-0.4, -0.2) is 42.4 Å². The van der Waals surface area contributed by atoms with E-state index in [1.54, 1.807) is 4.57 Å². The summed E-state index contributed by atoms with van der Waals surface area (Å²) < 4.78 is 22.8. The number of aromatic nitrogens is 1. The molecule has 9 heteroatoms. The van der Waals surface area contributed by atoms with Crippen molar-refractivity contribution >= 4 is 28.2 Å². The number of fused-ring (bicyclic) bond motifs is 1. The summed E-state index contributed by atoms with van der Waals surface area (Å²) in [4.78, 5) is 26.3. The minimum Gasteiger partial charge on any atom is -0.492 e. The molecule has 1 aromatic carbocycles. The summed E-state index contributed by atoms with van der Waals surface area (Å²) in [5, 5.41) is 9.32. The van der Waals surface area contributed by atoms with E-state index >= 15 is 4.39 Å². The molecule has 8 nitrogen and oxygen atoms in total. The molecule has 1 aromatic heterocycles. The van der Waals surface area contributed by atoms with Crippen molar-refractivity contribution in [2.24, 2.45) is 11.7 Å². The number of carboxylic acid groups (broad SMARTS) is 1. The van der Waals surface area contributed by atoms with Crippen molar-refractivity contribution in [2.45, 2.75) is 31.7 Å². The molecule has 1 saturated carbocycles. The number of halogens is 1. The van der Waals surface area contributed by atoms with Crippen LogP contribution in [0.4, 0.5) is 15.8 Å². The molecule has 2 heterocycles. The Labute approximate surface area is 166 Å². The molecule has 1 aliphatic carbocycles. The van der Waals surface area contributed by atoms with Crippen molar-refractivity contribution in [1.29, 1.82) is 0 Å². The van der Waals surface area contributed by atoms with Crippen LogP contribution in [0.3, 0.4) is 0 Å². The Hall–Kier alpha value is -2.81. The first kappa shape index (κ1) is 19.5. The summed E-state index contributed by atoms with van der Waals surface area (Å²) in [6.07, 6.45) is 4.83. The molecule has 4 rings (SSSR count). The molecule has 0 bridgehead atoms. The molecule has 0 spiro atoms. The van der Waals surface area contributed by atoms with Crippen LogP contribution < -0.4 is 26.5 Å². The van der Waals surface area contributed by atoms with Gasteiger partial charge in [-0.15, -0.1) is 0 Å². The van der Waals surface area contributed by atoms with Crippen LogP contribution in [0.1, 0.15) is 42.1 Å².